The molecule has 0 saturated heterocycles. The van der Waals surface area contributed by atoms with Crippen LogP contribution in [0.4, 0.5) is 0 Å². The fraction of sp³-hybridized carbons (Fsp3) is 0.867. The van der Waals surface area contributed by atoms with Gasteiger partial charge in [-0.25, -0.2) is 0 Å². The summed E-state index contributed by atoms with van der Waals surface area (Å²) in [6.07, 6.45) is 10.3. The highest BCUT2D eigenvalue weighted by atomic mass is 16.5. The zero-order valence-corrected chi connectivity index (χ0v) is 11.8. The van der Waals surface area contributed by atoms with E-state index in [-0.39, 0.29) is 5.60 Å². The van der Waals surface area contributed by atoms with Gasteiger partial charge in [-0.1, -0.05) is 19.8 Å². The molecule has 0 bridgehead atoms. The minimum atomic E-state index is 0.00169. The number of nitrogens with one attached hydrogen (secondary N) is 1. The zero-order valence-electron chi connectivity index (χ0n) is 11.8. The first kappa shape index (κ1) is 13.9. The highest BCUT2D eigenvalue weighted by molar-refractivity contribution is 5.18. The van der Waals surface area contributed by atoms with Crippen molar-refractivity contribution in [3.63, 3.8) is 0 Å². The Balaban J connectivity index is 2.14. The maximum Gasteiger partial charge on any atom is 0.0876 e. The first-order chi connectivity index (χ1) is 8.82. The van der Waals surface area contributed by atoms with Crippen LogP contribution in [0.1, 0.15) is 51.9 Å². The van der Waals surface area contributed by atoms with Crippen molar-refractivity contribution in [1.82, 2.24) is 5.32 Å². The summed E-state index contributed by atoms with van der Waals surface area (Å²) in [5.74, 6) is 0. The van der Waals surface area contributed by atoms with Gasteiger partial charge in [0.2, 0.25) is 0 Å². The summed E-state index contributed by atoms with van der Waals surface area (Å²) in [7, 11) is 1.87. The van der Waals surface area contributed by atoms with Crippen LogP contribution in [0.15, 0.2) is 11.8 Å². The summed E-state index contributed by atoms with van der Waals surface area (Å²) in [4.78, 5) is 0. The van der Waals surface area contributed by atoms with E-state index in [1.807, 2.05) is 13.4 Å². The third-order valence-corrected chi connectivity index (χ3v) is 4.31. The second kappa shape index (κ2) is 6.58. The summed E-state index contributed by atoms with van der Waals surface area (Å²) in [6.45, 7) is 4.13. The molecule has 2 aliphatic rings. The van der Waals surface area contributed by atoms with Gasteiger partial charge < -0.3 is 14.8 Å². The number of ether oxygens (including phenoxy) is 2. The van der Waals surface area contributed by atoms with Gasteiger partial charge >= 0.3 is 0 Å². The van der Waals surface area contributed by atoms with E-state index < -0.39 is 0 Å². The molecule has 104 valence electrons. The van der Waals surface area contributed by atoms with E-state index in [0.717, 1.165) is 32.4 Å². The van der Waals surface area contributed by atoms with Crippen LogP contribution in [-0.2, 0) is 9.47 Å². The van der Waals surface area contributed by atoms with Gasteiger partial charge in [0.25, 0.3) is 0 Å². The number of rotatable bonds is 6. The molecule has 1 aliphatic carbocycles. The Morgan fingerprint density at radius 3 is 2.72 bits per heavy atom. The lowest BCUT2D eigenvalue weighted by molar-refractivity contribution is -0.0284. The van der Waals surface area contributed by atoms with Crippen molar-refractivity contribution in [2.45, 2.75) is 63.5 Å². The Kier molecular flexibility index (Phi) is 5.07. The first-order valence-electron chi connectivity index (χ1n) is 7.41. The molecule has 3 heteroatoms. The van der Waals surface area contributed by atoms with Crippen molar-refractivity contribution in [3.8, 4) is 0 Å². The lowest BCUT2D eigenvalue weighted by Gasteiger charge is -2.39. The first-order valence-corrected chi connectivity index (χ1v) is 7.41. The Morgan fingerprint density at radius 1 is 1.39 bits per heavy atom. The Bertz CT molecular complexity index is 282. The molecular formula is C15H27NO2. The van der Waals surface area contributed by atoms with Gasteiger partial charge in [0.1, 0.15) is 0 Å². The van der Waals surface area contributed by atoms with Gasteiger partial charge in [-0.3, -0.25) is 0 Å². The molecule has 1 saturated carbocycles. The largest absolute Gasteiger partial charge is 0.501 e. The fourth-order valence-electron chi connectivity index (χ4n) is 3.32. The van der Waals surface area contributed by atoms with Crippen LogP contribution in [0.25, 0.3) is 0 Å². The minimum Gasteiger partial charge on any atom is -0.501 e. The van der Waals surface area contributed by atoms with Crippen LogP contribution in [0.5, 0.6) is 0 Å². The third kappa shape index (κ3) is 2.89. The molecule has 1 heterocycles. The SMILES string of the molecule is CCCNC(C1=COCCC1)C1(OC)CCCC1. The Morgan fingerprint density at radius 2 is 2.17 bits per heavy atom. The molecule has 0 aromatic carbocycles. The highest BCUT2D eigenvalue weighted by Gasteiger charge is 2.43. The molecule has 0 aromatic heterocycles. The second-order valence-electron chi connectivity index (χ2n) is 5.53. The van der Waals surface area contributed by atoms with Gasteiger partial charge in [0, 0.05) is 7.11 Å². The van der Waals surface area contributed by atoms with Gasteiger partial charge in [0.15, 0.2) is 0 Å². The lowest BCUT2D eigenvalue weighted by atomic mass is 9.84. The van der Waals surface area contributed by atoms with Crippen LogP contribution in [0, 0.1) is 0 Å². The maximum atomic E-state index is 5.95. The van der Waals surface area contributed by atoms with Crippen molar-refractivity contribution < 1.29 is 9.47 Å². The van der Waals surface area contributed by atoms with Gasteiger partial charge in [-0.15, -0.1) is 0 Å². The molecule has 1 unspecified atom stereocenters. The summed E-state index contributed by atoms with van der Waals surface area (Å²) < 4.78 is 11.5. The molecule has 18 heavy (non-hydrogen) atoms. The van der Waals surface area contributed by atoms with Crippen molar-refractivity contribution in [2.75, 3.05) is 20.3 Å². The van der Waals surface area contributed by atoms with Crippen LogP contribution in [0.2, 0.25) is 0 Å². The Hall–Kier alpha value is -0.540. The molecule has 1 fully saturated rings. The fourth-order valence-corrected chi connectivity index (χ4v) is 3.32. The summed E-state index contributed by atoms with van der Waals surface area (Å²) in [5, 5.41) is 3.70. The topological polar surface area (TPSA) is 30.5 Å². The molecule has 1 N–H and O–H groups in total. The molecule has 0 amide bonds. The van der Waals surface area contributed by atoms with Crippen molar-refractivity contribution >= 4 is 0 Å². The summed E-state index contributed by atoms with van der Waals surface area (Å²) >= 11 is 0. The normalized spacial score (nSPS) is 24.4. The Labute approximate surface area is 111 Å². The smallest absolute Gasteiger partial charge is 0.0876 e. The van der Waals surface area contributed by atoms with Crippen LogP contribution in [-0.4, -0.2) is 31.9 Å². The second-order valence-corrected chi connectivity index (χ2v) is 5.53. The monoisotopic (exact) mass is 253 g/mol. The molecule has 3 nitrogen and oxygen atoms in total. The number of methoxy groups -OCH3 is 1. The van der Waals surface area contributed by atoms with Gasteiger partial charge in [0.05, 0.1) is 24.5 Å². The molecule has 1 atom stereocenters. The predicted molar refractivity (Wildman–Crippen MR) is 73.6 cm³/mol. The molecular weight excluding hydrogens is 226 g/mol. The molecule has 1 aliphatic heterocycles. The van der Waals surface area contributed by atoms with Crippen LogP contribution in [0.3, 0.4) is 0 Å². The summed E-state index contributed by atoms with van der Waals surface area (Å²) in [6, 6.07) is 0.338. The third-order valence-electron chi connectivity index (χ3n) is 4.31. The number of hydrogen-bond acceptors (Lipinski definition) is 3. The molecule has 0 radical (unpaired) electrons. The predicted octanol–water partition coefficient (Wildman–Crippen LogP) is 3.01. The summed E-state index contributed by atoms with van der Waals surface area (Å²) in [5.41, 5.74) is 1.40. The van der Waals surface area contributed by atoms with Crippen LogP contribution >= 0.6 is 0 Å². The molecule has 0 aromatic rings. The van der Waals surface area contributed by atoms with E-state index in [4.69, 9.17) is 9.47 Å². The quantitative estimate of drug-likeness (QED) is 0.789. The average molecular weight is 253 g/mol. The average Bonchev–Trinajstić information content (AvgIpc) is 2.90. The van der Waals surface area contributed by atoms with E-state index in [1.165, 1.54) is 31.3 Å². The maximum absolute atomic E-state index is 5.95. The highest BCUT2D eigenvalue weighted by Crippen LogP contribution is 2.39. The van der Waals surface area contributed by atoms with Gasteiger partial charge in [-0.05, 0) is 44.2 Å². The van der Waals surface area contributed by atoms with Crippen molar-refractivity contribution in [2.24, 2.45) is 0 Å². The van der Waals surface area contributed by atoms with E-state index in [0.29, 0.717) is 6.04 Å². The van der Waals surface area contributed by atoms with E-state index in [1.54, 1.807) is 0 Å². The molecule has 2 rings (SSSR count). The standard InChI is InChI=1S/C15H27NO2/c1-3-10-16-14(13-7-6-11-18-12-13)15(17-2)8-4-5-9-15/h12,14,16H,3-11H2,1-2H3. The van der Waals surface area contributed by atoms with E-state index >= 15 is 0 Å². The van der Waals surface area contributed by atoms with E-state index in [2.05, 4.69) is 12.2 Å². The van der Waals surface area contributed by atoms with Crippen LogP contribution < -0.4 is 5.32 Å². The number of hydrogen-bond donors (Lipinski definition) is 1. The van der Waals surface area contributed by atoms with E-state index in [9.17, 15) is 0 Å². The van der Waals surface area contributed by atoms with Crippen molar-refractivity contribution in [3.05, 3.63) is 11.8 Å². The van der Waals surface area contributed by atoms with Gasteiger partial charge in [-0.2, -0.15) is 0 Å². The van der Waals surface area contributed by atoms with Crippen molar-refractivity contribution in [1.29, 1.82) is 0 Å². The minimum absolute atomic E-state index is 0.00169. The lowest BCUT2D eigenvalue weighted by Crippen LogP contribution is -2.52. The zero-order chi connectivity index (χ0) is 12.8. The molecule has 0 spiro atoms.